The van der Waals surface area contributed by atoms with Crippen molar-refractivity contribution in [2.24, 2.45) is 0 Å². The number of nitrogens with zero attached hydrogens (tertiary/aromatic N) is 2. The van der Waals surface area contributed by atoms with Crippen molar-refractivity contribution < 1.29 is 14.6 Å². The van der Waals surface area contributed by atoms with E-state index in [1.54, 1.807) is 7.11 Å². The maximum absolute atomic E-state index is 9.80. The van der Waals surface area contributed by atoms with Crippen LogP contribution in [0.5, 0.6) is 5.75 Å². The van der Waals surface area contributed by atoms with Crippen molar-refractivity contribution in [3.63, 3.8) is 0 Å². The predicted octanol–water partition coefficient (Wildman–Crippen LogP) is 1.21. The van der Waals surface area contributed by atoms with E-state index in [4.69, 9.17) is 9.47 Å². The fraction of sp³-hybridized carbons (Fsp3) is 0.625. The number of aliphatic hydroxyl groups excluding tert-OH is 1. The second kappa shape index (κ2) is 8.22. The van der Waals surface area contributed by atoms with E-state index >= 15 is 0 Å². The van der Waals surface area contributed by atoms with Crippen LogP contribution < -0.4 is 9.64 Å². The third kappa shape index (κ3) is 4.59. The fourth-order valence-electron chi connectivity index (χ4n) is 2.71. The summed E-state index contributed by atoms with van der Waals surface area (Å²) in [5.41, 5.74) is 1.16. The molecule has 0 saturated carbocycles. The van der Waals surface area contributed by atoms with E-state index in [9.17, 15) is 5.11 Å². The van der Waals surface area contributed by atoms with Gasteiger partial charge < -0.3 is 19.5 Å². The molecule has 0 aromatic heterocycles. The molecule has 1 aliphatic rings. The van der Waals surface area contributed by atoms with Gasteiger partial charge in [0.2, 0.25) is 0 Å². The first-order chi connectivity index (χ1) is 10.2. The molecule has 1 aromatic carbocycles. The number of ether oxygens (including phenoxy) is 2. The maximum Gasteiger partial charge on any atom is 0.142 e. The second-order valence-corrected chi connectivity index (χ2v) is 5.30. The Morgan fingerprint density at radius 1 is 1.19 bits per heavy atom. The quantitative estimate of drug-likeness (QED) is 0.819. The van der Waals surface area contributed by atoms with Crippen LogP contribution in [0.15, 0.2) is 24.3 Å². The second-order valence-electron chi connectivity index (χ2n) is 5.30. The highest BCUT2D eigenvalue weighted by molar-refractivity contribution is 5.58. The third-order valence-corrected chi connectivity index (χ3v) is 3.71. The molecule has 1 saturated heterocycles. The zero-order valence-corrected chi connectivity index (χ0v) is 13.0. The summed E-state index contributed by atoms with van der Waals surface area (Å²) in [7, 11) is 1.62. The fourth-order valence-corrected chi connectivity index (χ4v) is 2.71. The molecular formula is C16H26N2O3. The SMILES string of the molecule is CCOc1ccccc1N1CCN(CC(O)COC)CC1. The van der Waals surface area contributed by atoms with Gasteiger partial charge in [0.15, 0.2) is 0 Å². The highest BCUT2D eigenvalue weighted by Gasteiger charge is 2.21. The van der Waals surface area contributed by atoms with Crippen LogP contribution in [0, 0.1) is 0 Å². The minimum Gasteiger partial charge on any atom is -0.492 e. The Bertz CT molecular complexity index is 420. The molecule has 1 fully saturated rings. The lowest BCUT2D eigenvalue weighted by atomic mass is 10.2. The maximum atomic E-state index is 9.80. The molecule has 0 amide bonds. The van der Waals surface area contributed by atoms with E-state index in [2.05, 4.69) is 15.9 Å². The number of methoxy groups -OCH3 is 1. The van der Waals surface area contributed by atoms with E-state index in [1.807, 2.05) is 25.1 Å². The van der Waals surface area contributed by atoms with Crippen molar-refractivity contribution in [1.82, 2.24) is 4.90 Å². The van der Waals surface area contributed by atoms with Crippen LogP contribution in [-0.4, -0.2) is 69.2 Å². The minimum absolute atomic E-state index is 0.396. The van der Waals surface area contributed by atoms with E-state index in [0.29, 0.717) is 19.8 Å². The predicted molar refractivity (Wildman–Crippen MR) is 84.1 cm³/mol. The largest absolute Gasteiger partial charge is 0.492 e. The molecule has 0 aliphatic carbocycles. The molecule has 0 spiro atoms. The average molecular weight is 294 g/mol. The highest BCUT2D eigenvalue weighted by atomic mass is 16.5. The first-order valence-electron chi connectivity index (χ1n) is 7.60. The standard InChI is InChI=1S/C16H26N2O3/c1-3-21-16-7-5-4-6-15(16)18-10-8-17(9-11-18)12-14(19)13-20-2/h4-7,14,19H,3,8-13H2,1-2H3. The number of β-amino-alcohol motifs (C(OH)–C–C–N with tert-alkyl or cyclic N) is 1. The highest BCUT2D eigenvalue weighted by Crippen LogP contribution is 2.28. The summed E-state index contributed by atoms with van der Waals surface area (Å²) in [4.78, 5) is 4.63. The van der Waals surface area contributed by atoms with Crippen LogP contribution in [0.25, 0.3) is 0 Å². The van der Waals surface area contributed by atoms with Crippen LogP contribution in [-0.2, 0) is 4.74 Å². The summed E-state index contributed by atoms with van der Waals surface area (Å²) >= 11 is 0. The van der Waals surface area contributed by atoms with Crippen molar-refractivity contribution >= 4 is 5.69 Å². The van der Waals surface area contributed by atoms with Crippen LogP contribution >= 0.6 is 0 Å². The molecule has 5 heteroatoms. The number of benzene rings is 1. The lowest BCUT2D eigenvalue weighted by molar-refractivity contribution is 0.0365. The molecule has 2 rings (SSSR count). The van der Waals surface area contributed by atoms with Crippen LogP contribution in [0.2, 0.25) is 0 Å². The number of aliphatic hydroxyl groups is 1. The van der Waals surface area contributed by atoms with E-state index in [-0.39, 0.29) is 0 Å². The van der Waals surface area contributed by atoms with Crippen molar-refractivity contribution in [2.75, 3.05) is 57.9 Å². The van der Waals surface area contributed by atoms with Crippen LogP contribution in [0.1, 0.15) is 6.92 Å². The summed E-state index contributed by atoms with van der Waals surface area (Å²) in [6, 6.07) is 8.19. The Hall–Kier alpha value is -1.30. The van der Waals surface area contributed by atoms with Crippen LogP contribution in [0.3, 0.4) is 0 Å². The molecule has 1 unspecified atom stereocenters. The third-order valence-electron chi connectivity index (χ3n) is 3.71. The van der Waals surface area contributed by atoms with Gasteiger partial charge in [0.05, 0.1) is 25.0 Å². The van der Waals surface area contributed by atoms with E-state index < -0.39 is 6.10 Å². The molecule has 1 aromatic rings. The monoisotopic (exact) mass is 294 g/mol. The zero-order chi connectivity index (χ0) is 15.1. The Labute approximate surface area is 127 Å². The molecule has 118 valence electrons. The molecule has 1 aliphatic heterocycles. The number of anilines is 1. The van der Waals surface area contributed by atoms with Gasteiger partial charge in [-0.05, 0) is 19.1 Å². The van der Waals surface area contributed by atoms with E-state index in [0.717, 1.165) is 37.6 Å². The van der Waals surface area contributed by atoms with Crippen molar-refractivity contribution in [3.8, 4) is 5.75 Å². The normalized spacial score (nSPS) is 17.8. The number of hydrogen-bond acceptors (Lipinski definition) is 5. The van der Waals surface area contributed by atoms with Gasteiger partial charge in [-0.15, -0.1) is 0 Å². The van der Waals surface area contributed by atoms with Gasteiger partial charge in [-0.25, -0.2) is 0 Å². The van der Waals surface area contributed by atoms with Crippen molar-refractivity contribution in [2.45, 2.75) is 13.0 Å². The van der Waals surface area contributed by atoms with Gasteiger partial charge >= 0.3 is 0 Å². The summed E-state index contributed by atoms with van der Waals surface area (Å²) in [5, 5.41) is 9.80. The number of rotatable bonds is 7. The average Bonchev–Trinajstić information content (AvgIpc) is 2.49. The van der Waals surface area contributed by atoms with Gasteiger partial charge in [0, 0.05) is 39.8 Å². The molecule has 0 radical (unpaired) electrons. The lowest BCUT2D eigenvalue weighted by Crippen LogP contribution is -2.49. The van der Waals surface area contributed by atoms with Gasteiger partial charge in [-0.3, -0.25) is 4.90 Å². The molecule has 1 heterocycles. The lowest BCUT2D eigenvalue weighted by Gasteiger charge is -2.37. The number of piperazine rings is 1. The zero-order valence-electron chi connectivity index (χ0n) is 13.0. The molecule has 0 bridgehead atoms. The summed E-state index contributed by atoms with van der Waals surface area (Å²) in [6.07, 6.45) is -0.405. The number of hydrogen-bond donors (Lipinski definition) is 1. The Kier molecular flexibility index (Phi) is 6.29. The number of para-hydroxylation sites is 2. The van der Waals surface area contributed by atoms with Gasteiger partial charge in [0.1, 0.15) is 5.75 Å². The Balaban J connectivity index is 1.89. The first-order valence-corrected chi connectivity index (χ1v) is 7.60. The summed E-state index contributed by atoms with van der Waals surface area (Å²) in [5.74, 6) is 0.952. The smallest absolute Gasteiger partial charge is 0.142 e. The summed E-state index contributed by atoms with van der Waals surface area (Å²) < 4.78 is 10.7. The van der Waals surface area contributed by atoms with Crippen molar-refractivity contribution in [3.05, 3.63) is 24.3 Å². The Morgan fingerprint density at radius 3 is 2.57 bits per heavy atom. The van der Waals surface area contributed by atoms with Gasteiger partial charge in [-0.2, -0.15) is 0 Å². The van der Waals surface area contributed by atoms with Gasteiger partial charge in [-0.1, -0.05) is 12.1 Å². The molecule has 21 heavy (non-hydrogen) atoms. The van der Waals surface area contributed by atoms with Crippen LogP contribution in [0.4, 0.5) is 5.69 Å². The van der Waals surface area contributed by atoms with E-state index in [1.165, 1.54) is 0 Å². The molecule has 5 nitrogen and oxygen atoms in total. The molecule has 1 N–H and O–H groups in total. The topological polar surface area (TPSA) is 45.2 Å². The van der Waals surface area contributed by atoms with Crippen molar-refractivity contribution in [1.29, 1.82) is 0 Å². The molecule has 1 atom stereocenters. The Morgan fingerprint density at radius 2 is 1.90 bits per heavy atom. The minimum atomic E-state index is -0.405. The first kappa shape index (κ1) is 16.1. The summed E-state index contributed by atoms with van der Waals surface area (Å²) in [6.45, 7) is 7.55. The molecular weight excluding hydrogens is 268 g/mol. The van der Waals surface area contributed by atoms with Gasteiger partial charge in [0.25, 0.3) is 0 Å².